The summed E-state index contributed by atoms with van der Waals surface area (Å²) in [5.41, 5.74) is 3.01. The van der Waals surface area contributed by atoms with E-state index in [1.54, 1.807) is 11.0 Å². The highest BCUT2D eigenvalue weighted by molar-refractivity contribution is 5.74. The Hall–Kier alpha value is -2.41. The Morgan fingerprint density at radius 2 is 1.96 bits per heavy atom. The summed E-state index contributed by atoms with van der Waals surface area (Å²) in [5, 5.41) is 7.02. The van der Waals surface area contributed by atoms with Crippen molar-refractivity contribution in [2.45, 2.75) is 31.8 Å². The highest BCUT2D eigenvalue weighted by atomic mass is 16.2. The lowest BCUT2D eigenvalue weighted by Crippen LogP contribution is -2.55. The van der Waals surface area contributed by atoms with Gasteiger partial charge < -0.3 is 10.2 Å². The first-order chi connectivity index (χ1) is 12.8. The number of nitrogens with zero attached hydrogens (tertiary/aromatic N) is 5. The SMILES string of the molecule is O=C(NCCn1cncn1)N1CCN([C@H]2CCc3ccccc3C2)CC1. The van der Waals surface area contributed by atoms with Gasteiger partial charge in [0.05, 0.1) is 6.54 Å². The molecule has 2 aromatic rings. The third-order valence-electron chi connectivity index (χ3n) is 5.52. The van der Waals surface area contributed by atoms with E-state index in [2.05, 4.69) is 44.6 Å². The molecule has 1 aromatic heterocycles. The number of nitrogens with one attached hydrogen (secondary N) is 1. The smallest absolute Gasteiger partial charge is 0.317 e. The number of hydrogen-bond acceptors (Lipinski definition) is 4. The number of fused-ring (bicyclic) bond motifs is 1. The third kappa shape index (κ3) is 3.88. The molecular weight excluding hydrogens is 328 g/mol. The van der Waals surface area contributed by atoms with Crippen molar-refractivity contribution in [1.82, 2.24) is 29.9 Å². The second-order valence-electron chi connectivity index (χ2n) is 7.08. The lowest BCUT2D eigenvalue weighted by molar-refractivity contribution is 0.101. The van der Waals surface area contributed by atoms with Crippen molar-refractivity contribution in [2.24, 2.45) is 0 Å². The second kappa shape index (κ2) is 7.86. The Kier molecular flexibility index (Phi) is 5.15. The number of carbonyl (C=O) groups is 1. The van der Waals surface area contributed by atoms with Crippen LogP contribution in [0.1, 0.15) is 17.5 Å². The van der Waals surface area contributed by atoms with Gasteiger partial charge in [0.25, 0.3) is 0 Å². The molecule has 7 nitrogen and oxygen atoms in total. The first-order valence-electron chi connectivity index (χ1n) is 9.45. The van der Waals surface area contributed by atoms with E-state index in [1.807, 2.05) is 4.90 Å². The van der Waals surface area contributed by atoms with Gasteiger partial charge in [-0.2, -0.15) is 5.10 Å². The van der Waals surface area contributed by atoms with Gasteiger partial charge in [0.1, 0.15) is 12.7 Å². The van der Waals surface area contributed by atoms with E-state index in [-0.39, 0.29) is 6.03 Å². The third-order valence-corrected chi connectivity index (χ3v) is 5.52. The van der Waals surface area contributed by atoms with Crippen LogP contribution in [0.4, 0.5) is 4.79 Å². The molecule has 1 aromatic carbocycles. The van der Waals surface area contributed by atoms with Crippen LogP contribution in [0.5, 0.6) is 0 Å². The monoisotopic (exact) mass is 354 g/mol. The van der Waals surface area contributed by atoms with Crippen LogP contribution in [0.3, 0.4) is 0 Å². The number of benzene rings is 1. The Bertz CT molecular complexity index is 723. The van der Waals surface area contributed by atoms with E-state index in [1.165, 1.54) is 30.3 Å². The highest BCUT2D eigenvalue weighted by Crippen LogP contribution is 2.25. The molecule has 138 valence electrons. The van der Waals surface area contributed by atoms with Crippen molar-refractivity contribution in [3.8, 4) is 0 Å². The van der Waals surface area contributed by atoms with E-state index in [9.17, 15) is 4.79 Å². The molecule has 0 bridgehead atoms. The standard InChI is InChI=1S/C19H26N6O/c26-19(21-7-8-25-15-20-14-22-25)24-11-9-23(10-12-24)18-6-5-16-3-1-2-4-17(16)13-18/h1-4,14-15,18H,5-13H2,(H,21,26)/t18-/m0/s1. The first kappa shape index (κ1) is 17.0. The van der Waals surface area contributed by atoms with E-state index in [0.29, 0.717) is 19.1 Å². The van der Waals surface area contributed by atoms with Crippen molar-refractivity contribution in [2.75, 3.05) is 32.7 Å². The van der Waals surface area contributed by atoms with E-state index in [4.69, 9.17) is 0 Å². The number of rotatable bonds is 4. The number of hydrogen-bond donors (Lipinski definition) is 1. The number of amides is 2. The number of aryl methyl sites for hydroxylation is 1. The van der Waals surface area contributed by atoms with Crippen LogP contribution in [0.15, 0.2) is 36.9 Å². The molecule has 0 unspecified atom stereocenters. The minimum absolute atomic E-state index is 0.0266. The minimum Gasteiger partial charge on any atom is -0.336 e. The van der Waals surface area contributed by atoms with Gasteiger partial charge in [0.15, 0.2) is 0 Å². The van der Waals surface area contributed by atoms with Crippen molar-refractivity contribution in [3.63, 3.8) is 0 Å². The maximum Gasteiger partial charge on any atom is 0.317 e. The summed E-state index contributed by atoms with van der Waals surface area (Å²) in [4.78, 5) is 20.7. The van der Waals surface area contributed by atoms with Gasteiger partial charge in [-0.25, -0.2) is 9.78 Å². The van der Waals surface area contributed by atoms with Crippen LogP contribution < -0.4 is 5.32 Å². The summed E-state index contributed by atoms with van der Waals surface area (Å²) in [7, 11) is 0. The fraction of sp³-hybridized carbons (Fsp3) is 0.526. The zero-order valence-corrected chi connectivity index (χ0v) is 15.0. The molecule has 7 heteroatoms. The molecular formula is C19H26N6O. The number of urea groups is 1. The fourth-order valence-electron chi connectivity index (χ4n) is 4.02. The van der Waals surface area contributed by atoms with Crippen LogP contribution in [0.25, 0.3) is 0 Å². The van der Waals surface area contributed by atoms with Crippen molar-refractivity contribution in [1.29, 1.82) is 0 Å². The lowest BCUT2D eigenvalue weighted by atomic mass is 9.87. The van der Waals surface area contributed by atoms with Gasteiger partial charge in [-0.15, -0.1) is 0 Å². The summed E-state index contributed by atoms with van der Waals surface area (Å²) in [5.74, 6) is 0. The maximum absolute atomic E-state index is 12.3. The predicted octanol–water partition coefficient (Wildman–Crippen LogP) is 1.16. The zero-order chi connectivity index (χ0) is 17.8. The summed E-state index contributed by atoms with van der Waals surface area (Å²) >= 11 is 0. The first-order valence-corrected chi connectivity index (χ1v) is 9.45. The Labute approximate surface area is 154 Å². The van der Waals surface area contributed by atoms with Crippen molar-refractivity contribution >= 4 is 6.03 Å². The predicted molar refractivity (Wildman–Crippen MR) is 98.8 cm³/mol. The average molecular weight is 354 g/mol. The molecule has 2 heterocycles. The number of carbonyl (C=O) groups excluding carboxylic acids is 1. The van der Waals surface area contributed by atoms with Crippen LogP contribution in [-0.2, 0) is 19.4 Å². The number of piperazine rings is 1. The van der Waals surface area contributed by atoms with Crippen LogP contribution >= 0.6 is 0 Å². The molecule has 1 atom stereocenters. The van der Waals surface area contributed by atoms with E-state index in [0.717, 1.165) is 32.6 Å². The minimum atomic E-state index is 0.0266. The van der Waals surface area contributed by atoms with Crippen LogP contribution in [-0.4, -0.2) is 69.4 Å². The molecule has 4 rings (SSSR count). The van der Waals surface area contributed by atoms with Gasteiger partial charge in [0.2, 0.25) is 0 Å². The molecule has 1 fully saturated rings. The van der Waals surface area contributed by atoms with Crippen molar-refractivity contribution < 1.29 is 4.79 Å². The van der Waals surface area contributed by atoms with E-state index >= 15 is 0 Å². The molecule has 1 N–H and O–H groups in total. The Morgan fingerprint density at radius 1 is 1.15 bits per heavy atom. The lowest BCUT2D eigenvalue weighted by Gasteiger charge is -2.41. The molecule has 26 heavy (non-hydrogen) atoms. The molecule has 1 saturated heterocycles. The molecule has 1 aliphatic heterocycles. The number of aromatic nitrogens is 3. The zero-order valence-electron chi connectivity index (χ0n) is 15.0. The van der Waals surface area contributed by atoms with Gasteiger partial charge in [0, 0.05) is 38.8 Å². The van der Waals surface area contributed by atoms with Crippen molar-refractivity contribution in [3.05, 3.63) is 48.0 Å². The fourth-order valence-corrected chi connectivity index (χ4v) is 4.02. The molecule has 0 radical (unpaired) electrons. The maximum atomic E-state index is 12.3. The topological polar surface area (TPSA) is 66.3 Å². The average Bonchev–Trinajstić information content (AvgIpc) is 3.21. The highest BCUT2D eigenvalue weighted by Gasteiger charge is 2.28. The molecule has 1 aliphatic carbocycles. The molecule has 2 amide bonds. The van der Waals surface area contributed by atoms with Gasteiger partial charge in [-0.3, -0.25) is 9.58 Å². The van der Waals surface area contributed by atoms with Gasteiger partial charge in [-0.1, -0.05) is 24.3 Å². The Morgan fingerprint density at radius 3 is 2.73 bits per heavy atom. The summed E-state index contributed by atoms with van der Waals surface area (Å²) in [6, 6.07) is 9.44. The summed E-state index contributed by atoms with van der Waals surface area (Å²) < 4.78 is 1.72. The van der Waals surface area contributed by atoms with Crippen LogP contribution in [0.2, 0.25) is 0 Å². The normalized spacial score (nSPS) is 20.6. The summed E-state index contributed by atoms with van der Waals surface area (Å²) in [6.45, 7) is 4.74. The Balaban J connectivity index is 1.22. The molecule has 2 aliphatic rings. The van der Waals surface area contributed by atoms with E-state index < -0.39 is 0 Å². The molecule has 0 saturated carbocycles. The van der Waals surface area contributed by atoms with Gasteiger partial charge >= 0.3 is 6.03 Å². The van der Waals surface area contributed by atoms with Gasteiger partial charge in [-0.05, 0) is 30.4 Å². The largest absolute Gasteiger partial charge is 0.336 e. The second-order valence-corrected chi connectivity index (χ2v) is 7.08. The quantitative estimate of drug-likeness (QED) is 0.895. The molecule has 0 spiro atoms. The summed E-state index contributed by atoms with van der Waals surface area (Å²) in [6.07, 6.45) is 6.70. The van der Waals surface area contributed by atoms with Crippen LogP contribution in [0, 0.1) is 0 Å².